The van der Waals surface area contributed by atoms with Gasteiger partial charge < -0.3 is 18.6 Å². The zero-order valence-corrected chi connectivity index (χ0v) is 33.3. The Kier molecular flexibility index (Phi) is 12.0. The first-order valence-electron chi connectivity index (χ1n) is 21.3. The van der Waals surface area contributed by atoms with Crippen molar-refractivity contribution >= 4 is 43.6 Å². The van der Waals surface area contributed by atoms with Crippen LogP contribution in [0.2, 0.25) is 0 Å². The standard InChI is InChI=1S/C52H56N2O2/c1-3-5-7-9-11-21-35-55-51-33-31-39(53-47-27-17-13-23-41(47)42-24-14-18-28-48(42)53)37-45(51)46-38-40(32-34-52(46)56-36-22-12-10-8-6-4-2)54-49-29-19-15-25-43(49)44-26-16-20-30-50(44)54/h13-20,23-34,37-38H,3-12,21-22,35-36H2,1-2H3. The van der Waals surface area contributed by atoms with Gasteiger partial charge in [0.2, 0.25) is 0 Å². The molecule has 56 heavy (non-hydrogen) atoms. The molecule has 0 aliphatic carbocycles. The summed E-state index contributed by atoms with van der Waals surface area (Å²) in [6, 6.07) is 48.5. The van der Waals surface area contributed by atoms with Crippen molar-refractivity contribution in [2.75, 3.05) is 13.2 Å². The van der Waals surface area contributed by atoms with Gasteiger partial charge in [-0.15, -0.1) is 0 Å². The van der Waals surface area contributed by atoms with Crippen LogP contribution in [0.4, 0.5) is 0 Å². The summed E-state index contributed by atoms with van der Waals surface area (Å²) in [5, 5.41) is 5.02. The summed E-state index contributed by atoms with van der Waals surface area (Å²) in [5.41, 5.74) is 9.09. The Bertz CT molecular complexity index is 2260. The molecule has 8 aromatic rings. The second-order valence-electron chi connectivity index (χ2n) is 15.3. The predicted molar refractivity (Wildman–Crippen MR) is 238 cm³/mol. The summed E-state index contributed by atoms with van der Waals surface area (Å²) in [4.78, 5) is 0. The zero-order chi connectivity index (χ0) is 38.1. The van der Waals surface area contributed by atoms with E-state index in [0.29, 0.717) is 13.2 Å². The van der Waals surface area contributed by atoms with Crippen molar-refractivity contribution in [3.8, 4) is 34.0 Å². The average molecular weight is 741 g/mol. The first-order chi connectivity index (χ1) is 27.8. The van der Waals surface area contributed by atoms with Gasteiger partial charge in [0.05, 0.1) is 35.3 Å². The molecule has 286 valence electrons. The number of fused-ring (bicyclic) bond motifs is 6. The topological polar surface area (TPSA) is 28.3 Å². The van der Waals surface area contributed by atoms with Crippen molar-refractivity contribution in [2.45, 2.75) is 90.9 Å². The van der Waals surface area contributed by atoms with Gasteiger partial charge in [-0.1, -0.05) is 151 Å². The normalized spacial score (nSPS) is 11.7. The summed E-state index contributed by atoms with van der Waals surface area (Å²) in [7, 11) is 0. The highest BCUT2D eigenvalue weighted by Gasteiger charge is 2.20. The SMILES string of the molecule is CCCCCCCCOc1ccc(-n2c3ccccc3c3ccccc32)cc1-c1cc(-n2c3ccccc3c3ccccc32)ccc1OCCCCCCCC. The molecule has 0 saturated heterocycles. The number of benzene rings is 6. The maximum atomic E-state index is 6.78. The van der Waals surface area contributed by atoms with Crippen LogP contribution in [0.3, 0.4) is 0 Å². The molecule has 0 aliphatic heterocycles. The van der Waals surface area contributed by atoms with E-state index in [-0.39, 0.29) is 0 Å². The van der Waals surface area contributed by atoms with Crippen molar-refractivity contribution in [3.05, 3.63) is 133 Å². The Morgan fingerprint density at radius 3 is 1.04 bits per heavy atom. The second-order valence-corrected chi connectivity index (χ2v) is 15.3. The minimum Gasteiger partial charge on any atom is -0.493 e. The molecule has 0 fully saturated rings. The van der Waals surface area contributed by atoms with Crippen molar-refractivity contribution in [2.24, 2.45) is 0 Å². The molecule has 6 aromatic carbocycles. The fraction of sp³-hybridized carbons (Fsp3) is 0.308. The van der Waals surface area contributed by atoms with Crippen LogP contribution in [-0.2, 0) is 0 Å². The first-order valence-corrected chi connectivity index (χ1v) is 21.3. The number of para-hydroxylation sites is 4. The molecule has 8 rings (SSSR count). The van der Waals surface area contributed by atoms with Gasteiger partial charge in [0.25, 0.3) is 0 Å². The average Bonchev–Trinajstić information content (AvgIpc) is 3.76. The highest BCUT2D eigenvalue weighted by atomic mass is 16.5. The van der Waals surface area contributed by atoms with Crippen LogP contribution in [0.1, 0.15) is 90.9 Å². The lowest BCUT2D eigenvalue weighted by atomic mass is 10.0. The van der Waals surface area contributed by atoms with E-state index < -0.39 is 0 Å². The smallest absolute Gasteiger partial charge is 0.127 e. The van der Waals surface area contributed by atoms with Crippen LogP contribution in [-0.4, -0.2) is 22.3 Å². The molecule has 0 saturated carbocycles. The Morgan fingerprint density at radius 1 is 0.357 bits per heavy atom. The van der Waals surface area contributed by atoms with E-state index >= 15 is 0 Å². The predicted octanol–water partition coefficient (Wildman–Crippen LogP) is 15.0. The number of aromatic nitrogens is 2. The molecule has 0 unspecified atom stereocenters. The third kappa shape index (κ3) is 7.80. The third-order valence-electron chi connectivity index (χ3n) is 11.4. The Morgan fingerprint density at radius 2 is 0.679 bits per heavy atom. The fourth-order valence-corrected chi connectivity index (χ4v) is 8.52. The maximum absolute atomic E-state index is 6.78. The summed E-state index contributed by atoms with van der Waals surface area (Å²) in [5.74, 6) is 1.79. The number of nitrogens with zero attached hydrogens (tertiary/aromatic N) is 2. The van der Waals surface area contributed by atoms with Crippen LogP contribution in [0.5, 0.6) is 11.5 Å². The molecule has 0 bridgehead atoms. The lowest BCUT2D eigenvalue weighted by molar-refractivity contribution is 0.301. The van der Waals surface area contributed by atoms with Crippen LogP contribution in [0, 0.1) is 0 Å². The van der Waals surface area contributed by atoms with Gasteiger partial charge >= 0.3 is 0 Å². The summed E-state index contributed by atoms with van der Waals surface area (Å²) >= 11 is 0. The van der Waals surface area contributed by atoms with Crippen molar-refractivity contribution in [1.29, 1.82) is 0 Å². The lowest BCUT2D eigenvalue weighted by Crippen LogP contribution is -2.04. The minimum atomic E-state index is 0.689. The molecule has 0 aliphatic rings. The molecule has 4 heteroatoms. The maximum Gasteiger partial charge on any atom is 0.127 e. The van der Waals surface area contributed by atoms with E-state index in [9.17, 15) is 0 Å². The summed E-state index contributed by atoms with van der Waals surface area (Å²) in [6.45, 7) is 5.92. The van der Waals surface area contributed by atoms with Gasteiger partial charge in [0.1, 0.15) is 11.5 Å². The van der Waals surface area contributed by atoms with Crippen LogP contribution in [0.25, 0.3) is 66.1 Å². The van der Waals surface area contributed by atoms with E-state index in [0.717, 1.165) is 46.8 Å². The minimum absolute atomic E-state index is 0.689. The van der Waals surface area contributed by atoms with E-state index in [2.05, 4.69) is 156 Å². The number of rotatable bonds is 19. The number of ether oxygens (including phenoxy) is 2. The Hall–Kier alpha value is -5.48. The van der Waals surface area contributed by atoms with Gasteiger partial charge in [-0.05, 0) is 73.5 Å². The van der Waals surface area contributed by atoms with Crippen molar-refractivity contribution in [1.82, 2.24) is 9.13 Å². The largest absolute Gasteiger partial charge is 0.493 e. The van der Waals surface area contributed by atoms with Crippen molar-refractivity contribution in [3.63, 3.8) is 0 Å². The molecule has 0 radical (unpaired) electrons. The zero-order valence-electron chi connectivity index (χ0n) is 33.3. The highest BCUT2D eigenvalue weighted by Crippen LogP contribution is 2.42. The van der Waals surface area contributed by atoms with Crippen LogP contribution in [0.15, 0.2) is 133 Å². The molecule has 4 nitrogen and oxygen atoms in total. The van der Waals surface area contributed by atoms with Gasteiger partial charge in [-0.2, -0.15) is 0 Å². The molecular weight excluding hydrogens is 685 g/mol. The van der Waals surface area contributed by atoms with Gasteiger partial charge in [-0.25, -0.2) is 0 Å². The lowest BCUT2D eigenvalue weighted by Gasteiger charge is -2.19. The fourth-order valence-electron chi connectivity index (χ4n) is 8.52. The molecular formula is C52H56N2O2. The summed E-state index contributed by atoms with van der Waals surface area (Å²) in [6.07, 6.45) is 14.7. The van der Waals surface area contributed by atoms with Crippen molar-refractivity contribution < 1.29 is 9.47 Å². The van der Waals surface area contributed by atoms with E-state index in [1.54, 1.807) is 0 Å². The molecule has 0 amide bonds. The van der Waals surface area contributed by atoms with Gasteiger partial charge in [0.15, 0.2) is 0 Å². The monoisotopic (exact) mass is 740 g/mol. The third-order valence-corrected chi connectivity index (χ3v) is 11.4. The molecule has 0 atom stereocenters. The van der Waals surface area contributed by atoms with E-state index in [1.807, 2.05) is 0 Å². The number of hydrogen-bond acceptors (Lipinski definition) is 2. The Balaban J connectivity index is 1.26. The summed E-state index contributed by atoms with van der Waals surface area (Å²) < 4.78 is 18.4. The number of unbranched alkanes of at least 4 members (excludes halogenated alkanes) is 10. The van der Waals surface area contributed by atoms with E-state index in [1.165, 1.54) is 108 Å². The molecule has 0 spiro atoms. The first kappa shape index (κ1) is 37.4. The highest BCUT2D eigenvalue weighted by molar-refractivity contribution is 6.10. The molecule has 2 aromatic heterocycles. The molecule has 0 N–H and O–H groups in total. The van der Waals surface area contributed by atoms with E-state index in [4.69, 9.17) is 9.47 Å². The van der Waals surface area contributed by atoms with Crippen LogP contribution >= 0.6 is 0 Å². The van der Waals surface area contributed by atoms with Gasteiger partial charge in [0, 0.05) is 44.0 Å². The molecule has 2 heterocycles. The van der Waals surface area contributed by atoms with Crippen LogP contribution < -0.4 is 9.47 Å². The Labute approximate surface area is 332 Å². The number of hydrogen-bond donors (Lipinski definition) is 0. The van der Waals surface area contributed by atoms with Gasteiger partial charge in [-0.3, -0.25) is 0 Å². The quantitative estimate of drug-likeness (QED) is 0.0772. The second kappa shape index (κ2) is 18.0.